The molecule has 0 amide bonds. The average molecular weight is 975 g/mol. The summed E-state index contributed by atoms with van der Waals surface area (Å²) < 4.78 is 36.9. The molecular formula is C52H32Cl4O11. The zero-order chi connectivity index (χ0) is 47.0. The van der Waals surface area contributed by atoms with Crippen LogP contribution in [-0.4, -0.2) is 42.1 Å². The van der Waals surface area contributed by atoms with Crippen molar-refractivity contribution in [2.75, 3.05) is 6.61 Å². The van der Waals surface area contributed by atoms with E-state index in [1.54, 1.807) is 48.5 Å². The summed E-state index contributed by atoms with van der Waals surface area (Å²) >= 11 is 24.5. The second-order valence-electron chi connectivity index (χ2n) is 15.6. The molecule has 0 fully saturated rings. The molecule has 334 valence electrons. The number of fused-ring (bicyclic) bond motifs is 5. The minimum absolute atomic E-state index is 0.000533. The number of halogens is 4. The zero-order valence-electron chi connectivity index (χ0n) is 34.9. The molecule has 0 bridgehead atoms. The summed E-state index contributed by atoms with van der Waals surface area (Å²) in [5.41, 5.74) is 1.57. The number of carbonyl (C=O) groups excluding carboxylic acids is 5. The van der Waals surface area contributed by atoms with Crippen LogP contribution < -0.4 is 23.7 Å². The highest BCUT2D eigenvalue weighted by molar-refractivity contribution is 6.31. The summed E-state index contributed by atoms with van der Waals surface area (Å²) in [6.45, 7) is 1.54. The van der Waals surface area contributed by atoms with Crippen LogP contribution in [0.5, 0.6) is 28.7 Å². The van der Waals surface area contributed by atoms with E-state index in [-0.39, 0.29) is 69.6 Å². The maximum atomic E-state index is 14.1. The van der Waals surface area contributed by atoms with Gasteiger partial charge in [-0.1, -0.05) is 70.2 Å². The van der Waals surface area contributed by atoms with Crippen LogP contribution in [0.25, 0.3) is 0 Å². The van der Waals surface area contributed by atoms with E-state index in [2.05, 4.69) is 0 Å². The first-order chi connectivity index (χ1) is 32.2. The molecule has 0 unspecified atom stereocenters. The number of rotatable bonds is 10. The van der Waals surface area contributed by atoms with Crippen molar-refractivity contribution in [3.8, 4) is 28.7 Å². The largest absolute Gasteiger partial charge is 0.485 e. The van der Waals surface area contributed by atoms with Gasteiger partial charge in [-0.2, -0.15) is 0 Å². The predicted molar refractivity (Wildman–Crippen MR) is 249 cm³/mol. The van der Waals surface area contributed by atoms with Crippen LogP contribution in [0, 0.1) is 6.92 Å². The van der Waals surface area contributed by atoms with Crippen molar-refractivity contribution in [3.63, 3.8) is 0 Å². The van der Waals surface area contributed by atoms with Gasteiger partial charge in [0.15, 0.2) is 28.6 Å². The second-order valence-corrected chi connectivity index (χ2v) is 17.4. The van der Waals surface area contributed by atoms with E-state index in [9.17, 15) is 24.0 Å². The lowest BCUT2D eigenvalue weighted by molar-refractivity contribution is -0.0527. The topological polar surface area (TPSA) is 141 Å². The van der Waals surface area contributed by atoms with Gasteiger partial charge in [0.1, 0.15) is 6.61 Å². The number of hydrogen-bond donors (Lipinski definition) is 0. The van der Waals surface area contributed by atoms with E-state index < -0.39 is 41.4 Å². The standard InChI is InChI=1S/C52H32Cl4O11/c1-28-2-4-29(5-3-28)48(58)64-42-24-34-26-52(67-51(61)33-12-20-38(56)21-13-33)27-62-45-39(44(52)40(34)25-43(42)65-49(59)31-8-16-36(54)17-9-31)22-23-41(63-47(57)30-6-14-35(53)15-7-30)46(45)66-50(60)32-10-18-37(55)19-11-32/h2-25,44H,26-27H2,1H3/t44-,52+/m0/s1. The molecule has 2 aliphatic rings. The summed E-state index contributed by atoms with van der Waals surface area (Å²) in [6.07, 6.45) is -0.000533. The summed E-state index contributed by atoms with van der Waals surface area (Å²) in [4.78, 5) is 69.0. The number of hydrogen-bond acceptors (Lipinski definition) is 11. The highest BCUT2D eigenvalue weighted by Gasteiger charge is 2.56. The first kappa shape index (κ1) is 45.0. The maximum Gasteiger partial charge on any atom is 0.343 e. The van der Waals surface area contributed by atoms with Crippen molar-refractivity contribution < 1.29 is 52.4 Å². The Balaban J connectivity index is 1.19. The van der Waals surface area contributed by atoms with E-state index in [1.165, 1.54) is 97.1 Å². The molecule has 0 radical (unpaired) electrons. The van der Waals surface area contributed by atoms with Gasteiger partial charge in [-0.15, -0.1) is 0 Å². The van der Waals surface area contributed by atoms with Crippen molar-refractivity contribution in [1.29, 1.82) is 0 Å². The maximum absolute atomic E-state index is 14.1. The average Bonchev–Trinajstić information content (AvgIpc) is 3.63. The fourth-order valence-corrected chi connectivity index (χ4v) is 8.33. The van der Waals surface area contributed by atoms with Gasteiger partial charge in [0, 0.05) is 32.1 Å². The Morgan fingerprint density at radius 2 is 0.881 bits per heavy atom. The first-order valence-corrected chi connectivity index (χ1v) is 21.9. The molecule has 15 heteroatoms. The summed E-state index contributed by atoms with van der Waals surface area (Å²) in [7, 11) is 0. The van der Waals surface area contributed by atoms with Gasteiger partial charge in [-0.05, 0) is 145 Å². The van der Waals surface area contributed by atoms with Gasteiger partial charge in [-0.25, -0.2) is 24.0 Å². The molecule has 0 aromatic heterocycles. The van der Waals surface area contributed by atoms with E-state index in [1.807, 2.05) is 6.92 Å². The lowest BCUT2D eigenvalue weighted by Gasteiger charge is -2.40. The van der Waals surface area contributed by atoms with Gasteiger partial charge >= 0.3 is 29.8 Å². The monoisotopic (exact) mass is 972 g/mol. The van der Waals surface area contributed by atoms with Crippen LogP contribution in [-0.2, 0) is 11.2 Å². The molecule has 7 aromatic carbocycles. The molecule has 1 aliphatic heterocycles. The number of benzene rings is 7. The van der Waals surface area contributed by atoms with Crippen molar-refractivity contribution >= 4 is 76.3 Å². The minimum atomic E-state index is -1.53. The fraction of sp³-hybridized carbons (Fsp3) is 0.0962. The summed E-state index contributed by atoms with van der Waals surface area (Å²) in [5.74, 6) is -5.53. The Hall–Kier alpha value is -7.15. The van der Waals surface area contributed by atoms with Gasteiger partial charge in [0.05, 0.1) is 33.7 Å². The van der Waals surface area contributed by atoms with Gasteiger partial charge in [0.2, 0.25) is 5.75 Å². The summed E-state index contributed by atoms with van der Waals surface area (Å²) in [5, 5.41) is 1.57. The van der Waals surface area contributed by atoms with Crippen LogP contribution in [0.4, 0.5) is 0 Å². The first-order valence-electron chi connectivity index (χ1n) is 20.4. The quantitative estimate of drug-likeness (QED) is 0.0955. The van der Waals surface area contributed by atoms with Crippen LogP contribution in [0.15, 0.2) is 146 Å². The number of esters is 5. The normalized spacial score (nSPS) is 15.4. The lowest BCUT2D eigenvalue weighted by atomic mass is 9.80. The van der Waals surface area contributed by atoms with Gasteiger partial charge < -0.3 is 28.4 Å². The molecule has 0 spiro atoms. The van der Waals surface area contributed by atoms with Crippen LogP contribution in [0.3, 0.4) is 0 Å². The third-order valence-corrected chi connectivity index (χ3v) is 12.1. The third-order valence-electron chi connectivity index (χ3n) is 11.1. The Kier molecular flexibility index (Phi) is 12.5. The van der Waals surface area contributed by atoms with Crippen molar-refractivity contribution in [2.45, 2.75) is 24.9 Å². The predicted octanol–water partition coefficient (Wildman–Crippen LogP) is 12.2. The molecule has 7 aromatic rings. The van der Waals surface area contributed by atoms with E-state index in [0.717, 1.165) is 5.56 Å². The van der Waals surface area contributed by atoms with E-state index in [0.29, 0.717) is 36.8 Å². The Bertz CT molecular complexity index is 3100. The summed E-state index contributed by atoms with van der Waals surface area (Å²) in [6, 6.07) is 36.9. The van der Waals surface area contributed by atoms with Crippen molar-refractivity contribution in [1.82, 2.24) is 0 Å². The molecular weight excluding hydrogens is 942 g/mol. The second kappa shape index (κ2) is 18.6. The molecule has 11 nitrogen and oxygen atoms in total. The number of aryl methyl sites for hydroxylation is 1. The third kappa shape index (κ3) is 9.45. The van der Waals surface area contributed by atoms with Crippen molar-refractivity contribution in [3.05, 3.63) is 216 Å². The Morgan fingerprint density at radius 1 is 0.478 bits per heavy atom. The van der Waals surface area contributed by atoms with Crippen LogP contribution in [0.2, 0.25) is 20.1 Å². The molecule has 0 saturated heterocycles. The highest BCUT2D eigenvalue weighted by atomic mass is 35.5. The SMILES string of the molecule is Cc1ccc(C(=O)Oc2cc3c(cc2OC(=O)c2ccc(Cl)cc2)[C@@H]2c4ccc(OC(=O)c5ccc(Cl)cc5)c(OC(=O)c5ccc(Cl)cc5)c4OC[C@]2(OC(=O)c2ccc(Cl)cc2)C3)cc1. The molecule has 67 heavy (non-hydrogen) atoms. The van der Waals surface area contributed by atoms with Gasteiger partial charge in [-0.3, -0.25) is 0 Å². The lowest BCUT2D eigenvalue weighted by Crippen LogP contribution is -2.48. The minimum Gasteiger partial charge on any atom is -0.485 e. The van der Waals surface area contributed by atoms with E-state index >= 15 is 0 Å². The molecule has 1 heterocycles. The Labute approximate surface area is 402 Å². The van der Waals surface area contributed by atoms with Gasteiger partial charge in [0.25, 0.3) is 0 Å². The number of carbonyl (C=O) groups is 5. The zero-order valence-corrected chi connectivity index (χ0v) is 37.9. The smallest absolute Gasteiger partial charge is 0.343 e. The molecule has 9 rings (SSSR count). The highest BCUT2D eigenvalue weighted by Crippen LogP contribution is 2.58. The number of ether oxygens (including phenoxy) is 6. The Morgan fingerprint density at radius 3 is 1.36 bits per heavy atom. The molecule has 0 N–H and O–H groups in total. The van der Waals surface area contributed by atoms with Crippen LogP contribution in [0.1, 0.15) is 80.0 Å². The van der Waals surface area contributed by atoms with E-state index in [4.69, 9.17) is 74.8 Å². The van der Waals surface area contributed by atoms with Crippen molar-refractivity contribution in [2.24, 2.45) is 0 Å². The molecule has 1 aliphatic carbocycles. The molecule has 0 saturated carbocycles. The fourth-order valence-electron chi connectivity index (χ4n) is 7.83. The molecule has 2 atom stereocenters. The van der Waals surface area contributed by atoms with Crippen LogP contribution >= 0.6 is 46.4 Å².